The quantitative estimate of drug-likeness (QED) is 0.465. The first kappa shape index (κ1) is 10.7. The first-order chi connectivity index (χ1) is 6.57. The van der Waals surface area contributed by atoms with Gasteiger partial charge in [-0.1, -0.05) is 0 Å². The van der Waals surface area contributed by atoms with Gasteiger partial charge in [-0.25, -0.2) is 0 Å². The van der Waals surface area contributed by atoms with Crippen LogP contribution in [0.5, 0.6) is 0 Å². The van der Waals surface area contributed by atoms with Crippen LogP contribution in [0.15, 0.2) is 4.99 Å². The van der Waals surface area contributed by atoms with E-state index in [-0.39, 0.29) is 19.1 Å². The second-order valence-electron chi connectivity index (χ2n) is 3.09. The number of carbonyl (C=O) groups excluding carboxylic acids is 2. The molecule has 0 aromatic carbocycles. The Labute approximate surface area is 82.7 Å². The number of carbonyl (C=O) groups is 2. The number of rotatable bonds is 2. The molecule has 1 aliphatic rings. The second-order valence-corrected chi connectivity index (χ2v) is 3.09. The van der Waals surface area contributed by atoms with Crippen LogP contribution in [-0.4, -0.2) is 42.8 Å². The van der Waals surface area contributed by atoms with Crippen molar-refractivity contribution in [1.82, 2.24) is 4.90 Å². The second kappa shape index (κ2) is 4.21. The van der Waals surface area contributed by atoms with Gasteiger partial charge in [0, 0.05) is 7.05 Å². The zero-order valence-corrected chi connectivity index (χ0v) is 8.61. The highest BCUT2D eigenvalue weighted by molar-refractivity contribution is 6.07. The fourth-order valence-electron chi connectivity index (χ4n) is 1.22. The minimum atomic E-state index is -0.761. The molecule has 0 saturated heterocycles. The van der Waals surface area contributed by atoms with Crippen molar-refractivity contribution in [2.24, 2.45) is 10.9 Å². The van der Waals surface area contributed by atoms with Crippen LogP contribution in [0.2, 0.25) is 0 Å². The third-order valence-corrected chi connectivity index (χ3v) is 2.19. The minimum absolute atomic E-state index is 0.202. The molecule has 0 N–H and O–H groups in total. The van der Waals surface area contributed by atoms with Crippen molar-refractivity contribution < 1.29 is 14.3 Å². The standard InChI is InChI=1S/C9H14N2O3/c1-4-14-9(13)7-5-10-6(2)11(3)8(7)12/h7H,4-5H2,1-3H3. The Balaban J connectivity index is 2.74. The van der Waals surface area contributed by atoms with E-state index in [1.807, 2.05) is 0 Å². The molecule has 0 radical (unpaired) electrons. The summed E-state index contributed by atoms with van der Waals surface area (Å²) in [5.74, 6) is -0.851. The molecule has 0 bridgehead atoms. The maximum Gasteiger partial charge on any atom is 0.320 e. The van der Waals surface area contributed by atoms with E-state index in [4.69, 9.17) is 4.74 Å². The maximum absolute atomic E-state index is 11.6. The molecule has 1 amide bonds. The van der Waals surface area contributed by atoms with Gasteiger partial charge in [0.25, 0.3) is 0 Å². The fourth-order valence-corrected chi connectivity index (χ4v) is 1.22. The van der Waals surface area contributed by atoms with Crippen molar-refractivity contribution in [3.05, 3.63) is 0 Å². The number of amides is 1. The van der Waals surface area contributed by atoms with E-state index in [9.17, 15) is 9.59 Å². The van der Waals surface area contributed by atoms with Gasteiger partial charge in [-0.05, 0) is 13.8 Å². The summed E-state index contributed by atoms with van der Waals surface area (Å²) in [5, 5.41) is 0. The van der Waals surface area contributed by atoms with Crippen molar-refractivity contribution in [2.75, 3.05) is 20.2 Å². The topological polar surface area (TPSA) is 59.0 Å². The Bertz CT molecular complexity index is 286. The Morgan fingerprint density at radius 1 is 1.71 bits per heavy atom. The zero-order chi connectivity index (χ0) is 10.7. The summed E-state index contributed by atoms with van der Waals surface area (Å²) >= 11 is 0. The van der Waals surface area contributed by atoms with Gasteiger partial charge in [-0.2, -0.15) is 0 Å². The van der Waals surface area contributed by atoms with E-state index < -0.39 is 11.9 Å². The van der Waals surface area contributed by atoms with E-state index >= 15 is 0 Å². The van der Waals surface area contributed by atoms with Crippen LogP contribution in [0.25, 0.3) is 0 Å². The van der Waals surface area contributed by atoms with Crippen LogP contribution in [0, 0.1) is 5.92 Å². The van der Waals surface area contributed by atoms with E-state index in [0.717, 1.165) is 0 Å². The Morgan fingerprint density at radius 2 is 2.36 bits per heavy atom. The Kier molecular flexibility index (Phi) is 3.22. The molecule has 5 nitrogen and oxygen atoms in total. The lowest BCUT2D eigenvalue weighted by Crippen LogP contribution is -2.45. The van der Waals surface area contributed by atoms with Crippen LogP contribution in [0.1, 0.15) is 13.8 Å². The predicted octanol–water partition coefficient (Wildman–Crippen LogP) is 0.0561. The highest BCUT2D eigenvalue weighted by Gasteiger charge is 2.34. The van der Waals surface area contributed by atoms with Crippen LogP contribution < -0.4 is 0 Å². The molecule has 0 fully saturated rings. The minimum Gasteiger partial charge on any atom is -0.465 e. The Morgan fingerprint density at radius 3 is 2.93 bits per heavy atom. The van der Waals surface area contributed by atoms with Crippen molar-refractivity contribution in [1.29, 1.82) is 0 Å². The molecular formula is C9H14N2O3. The van der Waals surface area contributed by atoms with Gasteiger partial charge in [-0.15, -0.1) is 0 Å². The summed E-state index contributed by atoms with van der Waals surface area (Å²) in [5.41, 5.74) is 0. The summed E-state index contributed by atoms with van der Waals surface area (Å²) in [6, 6.07) is 0. The van der Waals surface area contributed by atoms with E-state index in [1.165, 1.54) is 4.90 Å². The first-order valence-electron chi connectivity index (χ1n) is 4.53. The van der Waals surface area contributed by atoms with Gasteiger partial charge in [0.2, 0.25) is 5.91 Å². The molecule has 5 heteroatoms. The molecule has 0 aliphatic carbocycles. The molecule has 0 spiro atoms. The summed E-state index contributed by atoms with van der Waals surface area (Å²) in [7, 11) is 1.60. The number of aliphatic imine (C=N–C) groups is 1. The largest absolute Gasteiger partial charge is 0.465 e. The summed E-state index contributed by atoms with van der Waals surface area (Å²) in [6.45, 7) is 3.94. The molecule has 1 unspecified atom stereocenters. The first-order valence-corrected chi connectivity index (χ1v) is 4.53. The van der Waals surface area contributed by atoms with E-state index in [2.05, 4.69) is 4.99 Å². The van der Waals surface area contributed by atoms with Crippen molar-refractivity contribution in [3.63, 3.8) is 0 Å². The highest BCUT2D eigenvalue weighted by Crippen LogP contribution is 2.11. The molecule has 1 heterocycles. The molecular weight excluding hydrogens is 184 g/mol. The average Bonchev–Trinajstić information content (AvgIpc) is 2.15. The zero-order valence-electron chi connectivity index (χ0n) is 8.61. The molecule has 0 aromatic rings. The number of hydrogen-bond acceptors (Lipinski definition) is 4. The van der Waals surface area contributed by atoms with E-state index in [0.29, 0.717) is 5.84 Å². The average molecular weight is 198 g/mol. The van der Waals surface area contributed by atoms with Crippen molar-refractivity contribution in [3.8, 4) is 0 Å². The molecule has 1 rings (SSSR count). The SMILES string of the molecule is CCOC(=O)C1CN=C(C)N(C)C1=O. The van der Waals surface area contributed by atoms with Crippen LogP contribution in [0.3, 0.4) is 0 Å². The Hall–Kier alpha value is -1.39. The van der Waals surface area contributed by atoms with Crippen LogP contribution >= 0.6 is 0 Å². The van der Waals surface area contributed by atoms with E-state index in [1.54, 1.807) is 20.9 Å². The number of nitrogens with zero attached hydrogens (tertiary/aromatic N) is 2. The van der Waals surface area contributed by atoms with Crippen molar-refractivity contribution >= 4 is 17.7 Å². The normalized spacial score (nSPS) is 21.9. The molecule has 78 valence electrons. The van der Waals surface area contributed by atoms with Gasteiger partial charge in [0.15, 0.2) is 5.92 Å². The van der Waals surface area contributed by atoms with Gasteiger partial charge < -0.3 is 9.64 Å². The highest BCUT2D eigenvalue weighted by atomic mass is 16.5. The molecule has 0 saturated carbocycles. The van der Waals surface area contributed by atoms with Gasteiger partial charge in [0.05, 0.1) is 13.2 Å². The smallest absolute Gasteiger partial charge is 0.320 e. The van der Waals surface area contributed by atoms with Gasteiger partial charge in [-0.3, -0.25) is 14.6 Å². The molecule has 0 aromatic heterocycles. The number of hydrogen-bond donors (Lipinski definition) is 0. The summed E-state index contributed by atoms with van der Waals surface area (Å²) < 4.78 is 4.78. The van der Waals surface area contributed by atoms with Crippen LogP contribution in [0.4, 0.5) is 0 Å². The number of amidine groups is 1. The monoisotopic (exact) mass is 198 g/mol. The van der Waals surface area contributed by atoms with Gasteiger partial charge in [0.1, 0.15) is 5.84 Å². The third-order valence-electron chi connectivity index (χ3n) is 2.19. The van der Waals surface area contributed by atoms with Crippen LogP contribution in [-0.2, 0) is 14.3 Å². The predicted molar refractivity (Wildman–Crippen MR) is 50.9 cm³/mol. The van der Waals surface area contributed by atoms with Gasteiger partial charge >= 0.3 is 5.97 Å². The third kappa shape index (κ3) is 1.92. The maximum atomic E-state index is 11.6. The number of ether oxygens (including phenoxy) is 1. The summed E-state index contributed by atoms with van der Waals surface area (Å²) in [6.07, 6.45) is 0. The number of esters is 1. The molecule has 14 heavy (non-hydrogen) atoms. The summed E-state index contributed by atoms with van der Waals surface area (Å²) in [4.78, 5) is 28.4. The fraction of sp³-hybridized carbons (Fsp3) is 0.667. The van der Waals surface area contributed by atoms with Crippen molar-refractivity contribution in [2.45, 2.75) is 13.8 Å². The lowest BCUT2D eigenvalue weighted by atomic mass is 10.1. The lowest BCUT2D eigenvalue weighted by molar-refractivity contribution is -0.153. The lowest BCUT2D eigenvalue weighted by Gasteiger charge is -2.25. The molecule has 1 atom stereocenters. The molecule has 1 aliphatic heterocycles.